The first-order chi connectivity index (χ1) is 13.3. The molecule has 142 valence electrons. The highest BCUT2D eigenvalue weighted by atomic mass is 32.2. The summed E-state index contributed by atoms with van der Waals surface area (Å²) in [6.07, 6.45) is 6.65. The predicted molar refractivity (Wildman–Crippen MR) is 108 cm³/mol. The number of aromatic nitrogens is 4. The lowest BCUT2D eigenvalue weighted by molar-refractivity contribution is 0.429. The Bertz CT molecular complexity index is 891. The van der Waals surface area contributed by atoms with Gasteiger partial charge in [0.15, 0.2) is 15.9 Å². The van der Waals surface area contributed by atoms with Crippen LogP contribution >= 0.6 is 23.1 Å². The molecule has 8 heteroatoms. The van der Waals surface area contributed by atoms with Crippen molar-refractivity contribution in [3.63, 3.8) is 0 Å². The van der Waals surface area contributed by atoms with Gasteiger partial charge in [-0.2, -0.15) is 0 Å². The maximum atomic E-state index is 5.44. The summed E-state index contributed by atoms with van der Waals surface area (Å²) in [7, 11) is 0. The number of hydrogen-bond donors (Lipinski definition) is 0. The van der Waals surface area contributed by atoms with Gasteiger partial charge in [-0.05, 0) is 43.7 Å². The summed E-state index contributed by atoms with van der Waals surface area (Å²) < 4.78 is 7.82. The van der Waals surface area contributed by atoms with Gasteiger partial charge in [0.05, 0.1) is 12.0 Å². The molecule has 5 rings (SSSR count). The quantitative estimate of drug-likeness (QED) is 0.550. The van der Waals surface area contributed by atoms with Crippen LogP contribution in [0.2, 0.25) is 0 Å². The molecule has 0 amide bonds. The van der Waals surface area contributed by atoms with Crippen LogP contribution in [0.3, 0.4) is 0 Å². The zero-order valence-corrected chi connectivity index (χ0v) is 17.0. The Kier molecular flexibility index (Phi) is 4.69. The van der Waals surface area contributed by atoms with E-state index < -0.39 is 0 Å². The number of nitrogens with zero attached hydrogens (tertiary/aromatic N) is 5. The summed E-state index contributed by atoms with van der Waals surface area (Å²) in [5.41, 5.74) is 1.06. The van der Waals surface area contributed by atoms with E-state index in [9.17, 15) is 0 Å². The first-order valence-corrected chi connectivity index (χ1v) is 11.5. The Morgan fingerprint density at radius 2 is 2.07 bits per heavy atom. The van der Waals surface area contributed by atoms with E-state index in [-0.39, 0.29) is 0 Å². The van der Waals surface area contributed by atoms with Crippen LogP contribution in [-0.2, 0) is 5.75 Å². The van der Waals surface area contributed by atoms with Crippen LogP contribution in [0.25, 0.3) is 10.8 Å². The van der Waals surface area contributed by atoms with E-state index in [1.807, 2.05) is 12.1 Å². The third-order valence-corrected chi connectivity index (χ3v) is 7.14. The molecule has 1 aliphatic heterocycles. The zero-order valence-electron chi connectivity index (χ0n) is 15.4. The number of piperidine rings is 1. The fraction of sp³-hybridized carbons (Fsp3) is 0.526. The minimum absolute atomic E-state index is 0.575. The van der Waals surface area contributed by atoms with Gasteiger partial charge in [-0.25, -0.2) is 4.98 Å². The van der Waals surface area contributed by atoms with Gasteiger partial charge in [-0.3, -0.25) is 4.57 Å². The minimum atomic E-state index is 0.575. The third kappa shape index (κ3) is 3.65. The van der Waals surface area contributed by atoms with Crippen LogP contribution in [0.5, 0.6) is 0 Å². The second-order valence-electron chi connectivity index (χ2n) is 7.46. The molecule has 0 unspecified atom stereocenters. The zero-order chi connectivity index (χ0) is 18.2. The highest BCUT2D eigenvalue weighted by Crippen LogP contribution is 2.42. The largest absolute Gasteiger partial charge is 0.462 e. The predicted octanol–water partition coefficient (Wildman–Crippen LogP) is 4.86. The van der Waals surface area contributed by atoms with Gasteiger partial charge in [0, 0.05) is 30.3 Å². The second kappa shape index (κ2) is 7.31. The third-order valence-electron chi connectivity index (χ3n) is 5.26. The van der Waals surface area contributed by atoms with Crippen LogP contribution in [0.1, 0.15) is 44.3 Å². The highest BCUT2D eigenvalue weighted by molar-refractivity contribution is 7.98. The van der Waals surface area contributed by atoms with Gasteiger partial charge in [-0.1, -0.05) is 18.7 Å². The average molecular weight is 402 g/mol. The molecule has 0 bridgehead atoms. The lowest BCUT2D eigenvalue weighted by Gasteiger charge is -2.31. The Morgan fingerprint density at radius 3 is 2.81 bits per heavy atom. The Labute approximate surface area is 167 Å². The van der Waals surface area contributed by atoms with Crippen molar-refractivity contribution in [2.45, 2.75) is 49.6 Å². The molecule has 3 aromatic heterocycles. The maximum Gasteiger partial charge on any atom is 0.228 e. The van der Waals surface area contributed by atoms with Crippen molar-refractivity contribution in [3.05, 3.63) is 29.5 Å². The van der Waals surface area contributed by atoms with E-state index >= 15 is 0 Å². The summed E-state index contributed by atoms with van der Waals surface area (Å²) in [5.74, 6) is 3.53. The minimum Gasteiger partial charge on any atom is -0.462 e. The molecule has 1 aliphatic carbocycles. The first-order valence-electron chi connectivity index (χ1n) is 9.59. The standard InChI is InChI=1S/C19H23N5OS2/c1-13-6-8-23(9-7-13)18-21-22-19(24(18)15-4-5-15)27-12-14-11-26-17(20-14)16-3-2-10-25-16/h2-3,10-11,13,15H,4-9,12H2,1H3. The number of thioether (sulfide) groups is 1. The molecule has 3 aromatic rings. The molecule has 0 aromatic carbocycles. The summed E-state index contributed by atoms with van der Waals surface area (Å²) in [6.45, 7) is 4.53. The molecule has 2 fully saturated rings. The van der Waals surface area contributed by atoms with Crippen molar-refractivity contribution < 1.29 is 4.42 Å². The van der Waals surface area contributed by atoms with E-state index in [0.29, 0.717) is 6.04 Å². The number of thiazole rings is 1. The van der Waals surface area contributed by atoms with Crippen LogP contribution in [0.4, 0.5) is 5.95 Å². The number of anilines is 1. The molecule has 1 saturated heterocycles. The summed E-state index contributed by atoms with van der Waals surface area (Å²) in [6, 6.07) is 4.42. The molecule has 0 N–H and O–H groups in total. The van der Waals surface area contributed by atoms with Crippen molar-refractivity contribution in [3.8, 4) is 10.8 Å². The molecule has 6 nitrogen and oxygen atoms in total. The maximum absolute atomic E-state index is 5.44. The Balaban J connectivity index is 1.31. The molecule has 0 radical (unpaired) electrons. The smallest absolute Gasteiger partial charge is 0.228 e. The first kappa shape index (κ1) is 17.3. The molecule has 2 aliphatic rings. The Hall–Kier alpha value is -1.80. The van der Waals surface area contributed by atoms with Crippen LogP contribution in [-0.4, -0.2) is 32.8 Å². The van der Waals surface area contributed by atoms with Crippen molar-refractivity contribution in [1.29, 1.82) is 0 Å². The summed E-state index contributed by atoms with van der Waals surface area (Å²) in [4.78, 5) is 7.12. The van der Waals surface area contributed by atoms with Gasteiger partial charge >= 0.3 is 0 Å². The van der Waals surface area contributed by atoms with Gasteiger partial charge in [0.2, 0.25) is 5.95 Å². The Morgan fingerprint density at radius 1 is 1.22 bits per heavy atom. The molecular formula is C19H23N5OS2. The summed E-state index contributed by atoms with van der Waals surface area (Å²) >= 11 is 3.36. The van der Waals surface area contributed by atoms with Gasteiger partial charge in [-0.15, -0.1) is 21.5 Å². The molecule has 0 spiro atoms. The fourth-order valence-electron chi connectivity index (χ4n) is 3.47. The SMILES string of the molecule is CC1CCN(c2nnc(SCc3csc(-c4ccco4)n3)n2C2CC2)CC1. The van der Waals surface area contributed by atoms with E-state index in [2.05, 4.69) is 32.0 Å². The van der Waals surface area contributed by atoms with Gasteiger partial charge < -0.3 is 9.32 Å². The van der Waals surface area contributed by atoms with Crippen molar-refractivity contribution in [2.75, 3.05) is 18.0 Å². The number of rotatable bonds is 6. The summed E-state index contributed by atoms with van der Waals surface area (Å²) in [5, 5.41) is 13.2. The monoisotopic (exact) mass is 401 g/mol. The number of furan rings is 1. The van der Waals surface area contributed by atoms with Gasteiger partial charge in [0.25, 0.3) is 0 Å². The molecule has 4 heterocycles. The molecular weight excluding hydrogens is 378 g/mol. The molecule has 0 atom stereocenters. The average Bonchev–Trinajstić information content (AvgIpc) is 3.09. The van der Waals surface area contributed by atoms with Crippen LogP contribution in [0, 0.1) is 5.92 Å². The van der Waals surface area contributed by atoms with E-state index in [1.165, 1.54) is 25.7 Å². The van der Waals surface area contributed by atoms with Crippen molar-refractivity contribution in [1.82, 2.24) is 19.7 Å². The van der Waals surface area contributed by atoms with Crippen molar-refractivity contribution in [2.24, 2.45) is 5.92 Å². The topological polar surface area (TPSA) is 60.0 Å². The lowest BCUT2D eigenvalue weighted by atomic mass is 10.00. The van der Waals surface area contributed by atoms with Gasteiger partial charge in [0.1, 0.15) is 0 Å². The van der Waals surface area contributed by atoms with E-state index in [4.69, 9.17) is 9.40 Å². The molecule has 27 heavy (non-hydrogen) atoms. The fourth-order valence-corrected chi connectivity index (χ4v) is 5.25. The lowest BCUT2D eigenvalue weighted by Crippen LogP contribution is -2.34. The van der Waals surface area contributed by atoms with Crippen LogP contribution < -0.4 is 4.90 Å². The second-order valence-corrected chi connectivity index (χ2v) is 9.26. The highest BCUT2D eigenvalue weighted by Gasteiger charge is 2.32. The van der Waals surface area contributed by atoms with Crippen LogP contribution in [0.15, 0.2) is 33.3 Å². The number of hydrogen-bond acceptors (Lipinski definition) is 7. The van der Waals surface area contributed by atoms with E-state index in [1.54, 1.807) is 29.4 Å². The normalized spacial score (nSPS) is 18.3. The van der Waals surface area contributed by atoms with Crippen molar-refractivity contribution >= 4 is 29.0 Å². The van der Waals surface area contributed by atoms with E-state index in [0.717, 1.165) is 52.3 Å². The molecule has 1 saturated carbocycles.